The Kier molecular flexibility index (Phi) is 5.09. The first-order chi connectivity index (χ1) is 10.8. The van der Waals surface area contributed by atoms with Crippen LogP contribution in [0.15, 0.2) is 48.5 Å². The molecule has 0 aliphatic carbocycles. The molecule has 0 amide bonds. The van der Waals surface area contributed by atoms with Crippen LogP contribution in [-0.4, -0.2) is 11.4 Å². The van der Waals surface area contributed by atoms with Gasteiger partial charge in [0.2, 0.25) is 0 Å². The van der Waals surface area contributed by atoms with Gasteiger partial charge in [0.25, 0.3) is 0 Å². The van der Waals surface area contributed by atoms with Gasteiger partial charge in [0.15, 0.2) is 0 Å². The van der Waals surface area contributed by atoms with Crippen molar-refractivity contribution in [2.24, 2.45) is 0 Å². The number of aryl methyl sites for hydroxylation is 1. The highest BCUT2D eigenvalue weighted by molar-refractivity contribution is 7.99. The lowest BCUT2D eigenvalue weighted by molar-refractivity contribution is 0.223. The molecule has 2 aromatic rings. The minimum atomic E-state index is 0.324. The molecule has 0 fully saturated rings. The van der Waals surface area contributed by atoms with Crippen LogP contribution in [0.2, 0.25) is 0 Å². The monoisotopic (exact) mass is 312 g/mol. The zero-order valence-corrected chi connectivity index (χ0v) is 14.2. The van der Waals surface area contributed by atoms with Crippen LogP contribution < -0.4 is 4.74 Å². The number of para-hydroxylation sites is 1. The van der Waals surface area contributed by atoms with Gasteiger partial charge in [0, 0.05) is 17.4 Å². The molecule has 1 aliphatic rings. The topological polar surface area (TPSA) is 9.23 Å². The lowest BCUT2D eigenvalue weighted by Gasteiger charge is -2.23. The SMILES string of the molecule is CCC[C@H](SCc1ccccc1)[C@@H]1Cc2cccc(C)c2O1. The molecule has 22 heavy (non-hydrogen) atoms. The van der Waals surface area contributed by atoms with Gasteiger partial charge in [0.05, 0.1) is 0 Å². The quantitative estimate of drug-likeness (QED) is 0.706. The molecule has 3 rings (SSSR count). The lowest BCUT2D eigenvalue weighted by Crippen LogP contribution is -2.27. The van der Waals surface area contributed by atoms with Crippen molar-refractivity contribution >= 4 is 11.8 Å². The van der Waals surface area contributed by atoms with E-state index < -0.39 is 0 Å². The summed E-state index contributed by atoms with van der Waals surface area (Å²) < 4.78 is 6.32. The van der Waals surface area contributed by atoms with Crippen molar-refractivity contribution in [2.45, 2.75) is 50.2 Å². The fourth-order valence-corrected chi connectivity index (χ4v) is 4.47. The Morgan fingerprint density at radius 3 is 2.68 bits per heavy atom. The molecule has 0 radical (unpaired) electrons. The Morgan fingerprint density at radius 2 is 1.95 bits per heavy atom. The summed E-state index contributed by atoms with van der Waals surface area (Å²) in [6.45, 7) is 4.41. The molecule has 2 atom stereocenters. The molecule has 0 saturated heterocycles. The van der Waals surface area contributed by atoms with Crippen molar-refractivity contribution in [2.75, 3.05) is 0 Å². The van der Waals surface area contributed by atoms with Crippen LogP contribution in [0.4, 0.5) is 0 Å². The number of hydrogen-bond acceptors (Lipinski definition) is 2. The minimum absolute atomic E-state index is 0.324. The summed E-state index contributed by atoms with van der Waals surface area (Å²) in [7, 11) is 0. The Hall–Kier alpha value is -1.41. The third kappa shape index (κ3) is 3.49. The Bertz CT molecular complexity index is 608. The van der Waals surface area contributed by atoms with E-state index >= 15 is 0 Å². The molecule has 116 valence electrons. The number of ether oxygens (including phenoxy) is 1. The van der Waals surface area contributed by atoms with E-state index in [0.717, 1.165) is 17.9 Å². The number of fused-ring (bicyclic) bond motifs is 1. The predicted octanol–water partition coefficient (Wildman–Crippen LogP) is 5.40. The predicted molar refractivity (Wildman–Crippen MR) is 95.7 cm³/mol. The maximum absolute atomic E-state index is 6.32. The van der Waals surface area contributed by atoms with Crippen LogP contribution in [0.5, 0.6) is 5.75 Å². The van der Waals surface area contributed by atoms with Crippen LogP contribution in [-0.2, 0) is 12.2 Å². The average Bonchev–Trinajstić information content (AvgIpc) is 2.98. The molecular weight excluding hydrogens is 288 g/mol. The summed E-state index contributed by atoms with van der Waals surface area (Å²) in [5, 5.41) is 0.567. The van der Waals surface area contributed by atoms with Crippen molar-refractivity contribution in [3.05, 3.63) is 65.2 Å². The van der Waals surface area contributed by atoms with Crippen LogP contribution >= 0.6 is 11.8 Å². The van der Waals surface area contributed by atoms with E-state index in [1.807, 2.05) is 11.8 Å². The molecule has 0 N–H and O–H groups in total. The highest BCUT2D eigenvalue weighted by atomic mass is 32.2. The maximum Gasteiger partial charge on any atom is 0.126 e. The molecule has 2 aromatic carbocycles. The number of rotatable bonds is 6. The van der Waals surface area contributed by atoms with Gasteiger partial charge in [-0.1, -0.05) is 61.9 Å². The molecule has 0 unspecified atom stereocenters. The first kappa shape index (κ1) is 15.5. The van der Waals surface area contributed by atoms with Gasteiger partial charge in [-0.3, -0.25) is 0 Å². The second-order valence-electron chi connectivity index (χ2n) is 6.05. The molecule has 0 saturated carbocycles. The Balaban J connectivity index is 1.66. The third-order valence-corrected chi connectivity index (χ3v) is 5.75. The summed E-state index contributed by atoms with van der Waals surface area (Å²) >= 11 is 2.05. The molecular formula is C20H24OS. The summed E-state index contributed by atoms with van der Waals surface area (Å²) in [6.07, 6.45) is 3.81. The number of thioether (sulfide) groups is 1. The summed E-state index contributed by atoms with van der Waals surface area (Å²) in [5.41, 5.74) is 4.05. The normalized spacial score (nSPS) is 17.8. The van der Waals surface area contributed by atoms with Crippen LogP contribution in [0, 0.1) is 6.92 Å². The molecule has 0 spiro atoms. The second kappa shape index (κ2) is 7.23. The van der Waals surface area contributed by atoms with Gasteiger partial charge < -0.3 is 4.74 Å². The van der Waals surface area contributed by atoms with Crippen molar-refractivity contribution in [3.63, 3.8) is 0 Å². The Morgan fingerprint density at radius 1 is 1.14 bits per heavy atom. The van der Waals surface area contributed by atoms with Gasteiger partial charge in [-0.2, -0.15) is 0 Å². The molecule has 0 aromatic heterocycles. The van der Waals surface area contributed by atoms with Crippen LogP contribution in [0.1, 0.15) is 36.5 Å². The van der Waals surface area contributed by atoms with E-state index in [9.17, 15) is 0 Å². The largest absolute Gasteiger partial charge is 0.488 e. The molecule has 2 heteroatoms. The van der Waals surface area contributed by atoms with Gasteiger partial charge in [0.1, 0.15) is 11.9 Å². The highest BCUT2D eigenvalue weighted by Gasteiger charge is 2.30. The summed E-state index contributed by atoms with van der Waals surface area (Å²) in [5.74, 6) is 2.20. The maximum atomic E-state index is 6.32. The smallest absolute Gasteiger partial charge is 0.126 e. The molecule has 1 nitrogen and oxygen atoms in total. The standard InChI is InChI=1S/C20H24OS/c1-3-8-19(22-14-16-10-5-4-6-11-16)18-13-17-12-7-9-15(2)20(17)21-18/h4-7,9-12,18-19H,3,8,13-14H2,1-2H3/t18-,19-/m0/s1. The molecule has 0 bridgehead atoms. The van der Waals surface area contributed by atoms with E-state index in [4.69, 9.17) is 4.74 Å². The van der Waals surface area contributed by atoms with Crippen LogP contribution in [0.25, 0.3) is 0 Å². The number of benzene rings is 2. The van der Waals surface area contributed by atoms with Crippen molar-refractivity contribution < 1.29 is 4.74 Å². The van der Waals surface area contributed by atoms with Crippen molar-refractivity contribution in [1.29, 1.82) is 0 Å². The van der Waals surface area contributed by atoms with E-state index in [2.05, 4.69) is 62.4 Å². The van der Waals surface area contributed by atoms with E-state index in [1.54, 1.807) is 0 Å². The molecule has 1 heterocycles. The zero-order valence-electron chi connectivity index (χ0n) is 13.4. The Labute approximate surface area is 138 Å². The van der Waals surface area contributed by atoms with Gasteiger partial charge >= 0.3 is 0 Å². The second-order valence-corrected chi connectivity index (χ2v) is 7.27. The van der Waals surface area contributed by atoms with E-state index in [-0.39, 0.29) is 0 Å². The van der Waals surface area contributed by atoms with E-state index in [1.165, 1.54) is 29.5 Å². The van der Waals surface area contributed by atoms with Crippen molar-refractivity contribution in [3.8, 4) is 5.75 Å². The fraction of sp³-hybridized carbons (Fsp3) is 0.400. The zero-order chi connectivity index (χ0) is 15.4. The van der Waals surface area contributed by atoms with Gasteiger partial charge in [-0.05, 0) is 30.0 Å². The van der Waals surface area contributed by atoms with Crippen LogP contribution in [0.3, 0.4) is 0 Å². The first-order valence-electron chi connectivity index (χ1n) is 8.18. The average molecular weight is 312 g/mol. The highest BCUT2D eigenvalue weighted by Crippen LogP contribution is 2.37. The van der Waals surface area contributed by atoms with Gasteiger partial charge in [-0.15, -0.1) is 11.8 Å². The minimum Gasteiger partial charge on any atom is -0.488 e. The first-order valence-corrected chi connectivity index (χ1v) is 9.23. The van der Waals surface area contributed by atoms with Crippen molar-refractivity contribution in [1.82, 2.24) is 0 Å². The summed E-state index contributed by atoms with van der Waals surface area (Å²) in [6, 6.07) is 17.3. The molecule has 1 aliphatic heterocycles. The van der Waals surface area contributed by atoms with Gasteiger partial charge in [-0.25, -0.2) is 0 Å². The number of hydrogen-bond donors (Lipinski definition) is 0. The summed E-state index contributed by atoms with van der Waals surface area (Å²) in [4.78, 5) is 0. The third-order valence-electron chi connectivity index (χ3n) is 4.28. The lowest BCUT2D eigenvalue weighted by atomic mass is 10.0. The fourth-order valence-electron chi connectivity index (χ4n) is 3.10. The van der Waals surface area contributed by atoms with E-state index in [0.29, 0.717) is 11.4 Å².